The molecule has 2 saturated heterocycles. The molecule has 0 bridgehead atoms. The van der Waals surface area contributed by atoms with E-state index in [1.807, 2.05) is 32.9 Å². The largest absolute Gasteiger partial charge is 0.444 e. The van der Waals surface area contributed by atoms with Gasteiger partial charge in [0, 0.05) is 31.6 Å². The van der Waals surface area contributed by atoms with Crippen molar-refractivity contribution in [1.82, 2.24) is 15.1 Å². The van der Waals surface area contributed by atoms with E-state index in [9.17, 15) is 4.79 Å². The topological polar surface area (TPSA) is 58.6 Å². The van der Waals surface area contributed by atoms with E-state index < -0.39 is 5.60 Å². The van der Waals surface area contributed by atoms with Gasteiger partial charge in [-0.1, -0.05) is 0 Å². The Bertz CT molecular complexity index is 564. The molecule has 0 aliphatic carbocycles. The number of amides is 1. The first kappa shape index (κ1) is 15.8. The first-order valence-corrected chi connectivity index (χ1v) is 8.56. The summed E-state index contributed by atoms with van der Waals surface area (Å²) in [7, 11) is 0. The van der Waals surface area contributed by atoms with Gasteiger partial charge < -0.3 is 14.5 Å². The van der Waals surface area contributed by atoms with E-state index in [-0.39, 0.29) is 11.5 Å². The average Bonchev–Trinajstić information content (AvgIpc) is 2.81. The second kappa shape index (κ2) is 5.50. The summed E-state index contributed by atoms with van der Waals surface area (Å²) >= 11 is 2.16. The number of rotatable bonds is 1. The Morgan fingerprint density at radius 2 is 2.00 bits per heavy atom. The summed E-state index contributed by atoms with van der Waals surface area (Å²) < 4.78 is 6.32. The molecular weight excluding hydrogens is 395 g/mol. The lowest BCUT2D eigenvalue weighted by Gasteiger charge is -2.47. The SMILES string of the molecule is CC(C)(C)OC(=O)N1CC2(CCN(c3ccc(I)nn3)C2)C1. The molecule has 0 saturated carbocycles. The molecule has 0 radical (unpaired) electrons. The number of anilines is 1. The number of halogens is 1. The number of carbonyl (C=O) groups is 1. The molecular formula is C15H21IN4O2. The van der Waals surface area contributed by atoms with Gasteiger partial charge in [-0.3, -0.25) is 0 Å². The summed E-state index contributed by atoms with van der Waals surface area (Å²) in [6, 6.07) is 3.99. The number of carbonyl (C=O) groups excluding carboxylic acids is 1. The molecule has 2 fully saturated rings. The Balaban J connectivity index is 1.56. The molecule has 1 amide bonds. The van der Waals surface area contributed by atoms with Crippen LogP contribution in [-0.2, 0) is 4.74 Å². The zero-order chi connectivity index (χ0) is 16.0. The van der Waals surface area contributed by atoms with E-state index in [1.54, 1.807) is 4.90 Å². The molecule has 0 unspecified atom stereocenters. The molecule has 7 heteroatoms. The third-order valence-electron chi connectivity index (χ3n) is 4.08. The van der Waals surface area contributed by atoms with Crippen LogP contribution in [0.15, 0.2) is 12.1 Å². The number of likely N-dealkylation sites (tertiary alicyclic amines) is 1. The smallest absolute Gasteiger partial charge is 0.410 e. The van der Waals surface area contributed by atoms with Gasteiger partial charge >= 0.3 is 6.09 Å². The van der Waals surface area contributed by atoms with Crippen molar-refractivity contribution < 1.29 is 9.53 Å². The highest BCUT2D eigenvalue weighted by molar-refractivity contribution is 14.1. The number of hydrogen-bond acceptors (Lipinski definition) is 5. The van der Waals surface area contributed by atoms with Crippen molar-refractivity contribution in [2.75, 3.05) is 31.1 Å². The molecule has 1 aromatic rings. The van der Waals surface area contributed by atoms with Gasteiger partial charge in [0.05, 0.1) is 0 Å². The second-order valence-electron chi connectivity index (χ2n) is 7.22. The van der Waals surface area contributed by atoms with Gasteiger partial charge in [0.2, 0.25) is 0 Å². The lowest BCUT2D eigenvalue weighted by atomic mass is 9.79. The van der Waals surface area contributed by atoms with E-state index in [0.29, 0.717) is 0 Å². The molecule has 120 valence electrons. The third kappa shape index (κ3) is 3.28. The first-order chi connectivity index (χ1) is 10.3. The minimum atomic E-state index is -0.432. The maximum atomic E-state index is 12.0. The lowest BCUT2D eigenvalue weighted by molar-refractivity contribution is -0.0266. The van der Waals surface area contributed by atoms with Gasteiger partial charge in [0.1, 0.15) is 9.30 Å². The molecule has 22 heavy (non-hydrogen) atoms. The quantitative estimate of drug-likeness (QED) is 0.659. The van der Waals surface area contributed by atoms with E-state index in [2.05, 4.69) is 37.7 Å². The fraction of sp³-hybridized carbons (Fsp3) is 0.667. The van der Waals surface area contributed by atoms with Gasteiger partial charge in [-0.2, -0.15) is 0 Å². The minimum Gasteiger partial charge on any atom is -0.444 e. The first-order valence-electron chi connectivity index (χ1n) is 7.49. The van der Waals surface area contributed by atoms with Crippen LogP contribution in [0, 0.1) is 9.12 Å². The van der Waals surface area contributed by atoms with Crippen LogP contribution in [0.2, 0.25) is 0 Å². The third-order valence-corrected chi connectivity index (χ3v) is 4.66. The standard InChI is InChI=1S/C15H21IN4O2/c1-14(2,3)22-13(21)20-9-15(10-20)6-7-19(8-15)12-5-4-11(16)17-18-12/h4-5H,6-10H2,1-3H3. The summed E-state index contributed by atoms with van der Waals surface area (Å²) in [4.78, 5) is 16.1. The van der Waals surface area contributed by atoms with Crippen LogP contribution in [-0.4, -0.2) is 53.0 Å². The molecule has 0 N–H and O–H groups in total. The highest BCUT2D eigenvalue weighted by Crippen LogP contribution is 2.41. The zero-order valence-electron chi connectivity index (χ0n) is 13.2. The van der Waals surface area contributed by atoms with Crippen molar-refractivity contribution in [3.8, 4) is 0 Å². The zero-order valence-corrected chi connectivity index (χ0v) is 15.3. The van der Waals surface area contributed by atoms with E-state index in [4.69, 9.17) is 4.74 Å². The van der Waals surface area contributed by atoms with Gasteiger partial charge in [0.15, 0.2) is 5.82 Å². The van der Waals surface area contributed by atoms with Crippen molar-refractivity contribution in [2.24, 2.45) is 5.41 Å². The molecule has 2 aliphatic heterocycles. The Morgan fingerprint density at radius 3 is 2.59 bits per heavy atom. The van der Waals surface area contributed by atoms with Crippen LogP contribution < -0.4 is 4.90 Å². The molecule has 1 aromatic heterocycles. The van der Waals surface area contributed by atoms with Gasteiger partial charge in [-0.15, -0.1) is 10.2 Å². The van der Waals surface area contributed by atoms with E-state index in [0.717, 1.165) is 42.1 Å². The highest BCUT2D eigenvalue weighted by atomic mass is 127. The van der Waals surface area contributed by atoms with Gasteiger partial charge in [-0.25, -0.2) is 4.79 Å². The van der Waals surface area contributed by atoms with Crippen molar-refractivity contribution in [2.45, 2.75) is 32.8 Å². The van der Waals surface area contributed by atoms with Gasteiger partial charge in [0.25, 0.3) is 0 Å². The van der Waals surface area contributed by atoms with Crippen LogP contribution in [0.25, 0.3) is 0 Å². The molecule has 1 spiro atoms. The Morgan fingerprint density at radius 1 is 1.27 bits per heavy atom. The van der Waals surface area contributed by atoms with E-state index >= 15 is 0 Å². The lowest BCUT2D eigenvalue weighted by Crippen LogP contribution is -2.60. The molecule has 3 heterocycles. The summed E-state index contributed by atoms with van der Waals surface area (Å²) in [5.41, 5.74) is -0.236. The summed E-state index contributed by atoms with van der Waals surface area (Å²) in [6.45, 7) is 9.14. The Hall–Kier alpha value is -1.12. The van der Waals surface area contributed by atoms with Crippen molar-refractivity contribution in [1.29, 1.82) is 0 Å². The monoisotopic (exact) mass is 416 g/mol. The highest BCUT2D eigenvalue weighted by Gasteiger charge is 2.50. The van der Waals surface area contributed by atoms with Crippen LogP contribution in [0.5, 0.6) is 0 Å². The van der Waals surface area contributed by atoms with Crippen molar-refractivity contribution in [3.63, 3.8) is 0 Å². The van der Waals surface area contributed by atoms with Crippen LogP contribution in [0.4, 0.5) is 10.6 Å². The number of aromatic nitrogens is 2. The molecule has 0 aromatic carbocycles. The number of ether oxygens (including phenoxy) is 1. The Kier molecular flexibility index (Phi) is 3.94. The predicted octanol–water partition coefficient (Wildman–Crippen LogP) is 2.53. The normalized spacial score (nSPS) is 20.2. The predicted molar refractivity (Wildman–Crippen MR) is 91.8 cm³/mol. The number of hydrogen-bond donors (Lipinski definition) is 0. The van der Waals surface area contributed by atoms with Crippen LogP contribution in [0.3, 0.4) is 0 Å². The molecule has 2 aliphatic rings. The summed E-state index contributed by atoms with van der Waals surface area (Å²) in [6.07, 6.45) is 0.880. The van der Waals surface area contributed by atoms with Crippen LogP contribution in [0.1, 0.15) is 27.2 Å². The summed E-state index contributed by atoms with van der Waals surface area (Å²) in [5.74, 6) is 0.924. The number of nitrogens with zero attached hydrogens (tertiary/aromatic N) is 4. The van der Waals surface area contributed by atoms with Gasteiger partial charge in [-0.05, 0) is 61.9 Å². The second-order valence-corrected chi connectivity index (χ2v) is 8.33. The molecule has 0 atom stereocenters. The maximum absolute atomic E-state index is 12.0. The van der Waals surface area contributed by atoms with Crippen molar-refractivity contribution >= 4 is 34.5 Å². The minimum absolute atomic E-state index is 0.196. The maximum Gasteiger partial charge on any atom is 0.410 e. The fourth-order valence-electron chi connectivity index (χ4n) is 3.09. The molecule has 3 rings (SSSR count). The fourth-order valence-corrected chi connectivity index (χ4v) is 3.37. The molecule has 6 nitrogen and oxygen atoms in total. The van der Waals surface area contributed by atoms with E-state index in [1.165, 1.54) is 0 Å². The van der Waals surface area contributed by atoms with Crippen LogP contribution >= 0.6 is 22.6 Å². The average molecular weight is 416 g/mol. The Labute approximate surface area is 144 Å². The van der Waals surface area contributed by atoms with Crippen molar-refractivity contribution in [3.05, 3.63) is 15.8 Å². The summed E-state index contributed by atoms with van der Waals surface area (Å²) in [5, 5.41) is 8.36.